The monoisotopic (exact) mass is 307 g/mol. The fourth-order valence-corrected chi connectivity index (χ4v) is 2.37. The molecule has 112 valence electrons. The average molecular weight is 308 g/mol. The Balaban J connectivity index is 2.45. The van der Waals surface area contributed by atoms with E-state index in [4.69, 9.17) is 16.3 Å². The van der Waals surface area contributed by atoms with Crippen molar-refractivity contribution in [1.29, 1.82) is 0 Å². The molecule has 2 nitrogen and oxygen atoms in total. The van der Waals surface area contributed by atoms with Crippen LogP contribution in [-0.2, 0) is 6.54 Å². The second kappa shape index (κ2) is 6.92. The second-order valence-electron chi connectivity index (χ2n) is 5.22. The number of ether oxygens (including phenoxy) is 1. The van der Waals surface area contributed by atoms with Gasteiger partial charge in [0.15, 0.2) is 0 Å². The van der Waals surface area contributed by atoms with Crippen molar-refractivity contribution in [1.82, 2.24) is 5.32 Å². The molecule has 2 aromatic rings. The summed E-state index contributed by atoms with van der Waals surface area (Å²) in [6.45, 7) is 4.84. The fourth-order valence-electron chi connectivity index (χ4n) is 2.15. The minimum Gasteiger partial charge on any atom is -0.497 e. The first-order valence-electron chi connectivity index (χ1n) is 6.86. The summed E-state index contributed by atoms with van der Waals surface area (Å²) in [5.41, 5.74) is 2.76. The molecule has 4 heteroatoms. The molecule has 0 fully saturated rings. The number of benzene rings is 2. The molecule has 0 spiro atoms. The van der Waals surface area contributed by atoms with E-state index in [-0.39, 0.29) is 5.82 Å². The van der Waals surface area contributed by atoms with Gasteiger partial charge < -0.3 is 10.1 Å². The number of hydrogen-bond donors (Lipinski definition) is 1. The Morgan fingerprint density at radius 2 is 1.95 bits per heavy atom. The molecule has 0 aliphatic rings. The predicted molar refractivity (Wildman–Crippen MR) is 85.4 cm³/mol. The van der Waals surface area contributed by atoms with Crippen LogP contribution >= 0.6 is 11.6 Å². The number of rotatable bonds is 5. The molecule has 0 bridgehead atoms. The Kier molecular flexibility index (Phi) is 5.21. The highest BCUT2D eigenvalue weighted by molar-refractivity contribution is 6.30. The van der Waals surface area contributed by atoms with Crippen LogP contribution in [0.15, 0.2) is 36.4 Å². The smallest absolute Gasteiger partial charge is 0.125 e. The third-order valence-electron chi connectivity index (χ3n) is 3.19. The van der Waals surface area contributed by atoms with Gasteiger partial charge >= 0.3 is 0 Å². The van der Waals surface area contributed by atoms with E-state index in [2.05, 4.69) is 19.2 Å². The molecule has 21 heavy (non-hydrogen) atoms. The lowest BCUT2D eigenvalue weighted by Crippen LogP contribution is -2.22. The maximum atomic E-state index is 13.6. The summed E-state index contributed by atoms with van der Waals surface area (Å²) in [5.74, 6) is 0.442. The molecule has 0 radical (unpaired) electrons. The van der Waals surface area contributed by atoms with Gasteiger partial charge in [0.25, 0.3) is 0 Å². The maximum Gasteiger partial charge on any atom is 0.125 e. The topological polar surface area (TPSA) is 21.3 Å². The first-order valence-corrected chi connectivity index (χ1v) is 7.24. The first kappa shape index (κ1) is 15.8. The SMILES string of the molecule is COc1ccc(-c2cc(F)cc(Cl)c2)c(CNC(C)C)c1. The van der Waals surface area contributed by atoms with Crippen molar-refractivity contribution in [2.24, 2.45) is 0 Å². The lowest BCUT2D eigenvalue weighted by Gasteiger charge is -2.14. The average Bonchev–Trinajstić information content (AvgIpc) is 2.43. The molecular formula is C17H19ClFNO. The van der Waals surface area contributed by atoms with Gasteiger partial charge in [-0.2, -0.15) is 0 Å². The van der Waals surface area contributed by atoms with E-state index in [1.165, 1.54) is 12.1 Å². The van der Waals surface area contributed by atoms with Crippen molar-refractivity contribution in [2.75, 3.05) is 7.11 Å². The Morgan fingerprint density at radius 1 is 1.19 bits per heavy atom. The van der Waals surface area contributed by atoms with E-state index in [1.54, 1.807) is 13.2 Å². The summed E-state index contributed by atoms with van der Waals surface area (Å²) in [7, 11) is 1.63. The van der Waals surface area contributed by atoms with Crippen LogP contribution in [0.2, 0.25) is 5.02 Å². The van der Waals surface area contributed by atoms with E-state index in [0.717, 1.165) is 22.4 Å². The van der Waals surface area contributed by atoms with E-state index >= 15 is 0 Å². The Labute approximate surface area is 129 Å². The van der Waals surface area contributed by atoms with Gasteiger partial charge in [0.05, 0.1) is 7.11 Å². The van der Waals surface area contributed by atoms with E-state index in [9.17, 15) is 4.39 Å². The van der Waals surface area contributed by atoms with Crippen LogP contribution in [0.5, 0.6) is 5.75 Å². The van der Waals surface area contributed by atoms with Crippen LogP contribution in [-0.4, -0.2) is 13.2 Å². The standard InChI is InChI=1S/C17H19ClFNO/c1-11(2)20-10-13-8-16(21-3)4-5-17(13)12-6-14(18)9-15(19)7-12/h4-9,11,20H,10H2,1-3H3. The maximum absolute atomic E-state index is 13.6. The minimum absolute atomic E-state index is 0.337. The zero-order valence-corrected chi connectivity index (χ0v) is 13.2. The number of hydrogen-bond acceptors (Lipinski definition) is 2. The van der Waals surface area contributed by atoms with E-state index < -0.39 is 0 Å². The summed E-state index contributed by atoms with van der Waals surface area (Å²) < 4.78 is 18.9. The summed E-state index contributed by atoms with van der Waals surface area (Å²) in [6, 6.07) is 10.7. The van der Waals surface area contributed by atoms with Gasteiger partial charge in [-0.3, -0.25) is 0 Å². The van der Waals surface area contributed by atoms with Crippen LogP contribution in [0.1, 0.15) is 19.4 Å². The van der Waals surface area contributed by atoms with Gasteiger partial charge in [0, 0.05) is 17.6 Å². The Bertz CT molecular complexity index is 608. The normalized spacial score (nSPS) is 11.0. The molecule has 0 aliphatic heterocycles. The van der Waals surface area contributed by atoms with Crippen LogP contribution in [0.4, 0.5) is 4.39 Å². The van der Waals surface area contributed by atoms with Gasteiger partial charge in [-0.25, -0.2) is 4.39 Å². The van der Waals surface area contributed by atoms with Crippen molar-refractivity contribution in [3.63, 3.8) is 0 Å². The minimum atomic E-state index is -0.337. The van der Waals surface area contributed by atoms with Crippen molar-refractivity contribution < 1.29 is 9.13 Å². The zero-order valence-electron chi connectivity index (χ0n) is 12.4. The number of methoxy groups -OCH3 is 1. The van der Waals surface area contributed by atoms with Crippen molar-refractivity contribution in [3.05, 3.63) is 52.8 Å². The van der Waals surface area contributed by atoms with Crippen LogP contribution in [0, 0.1) is 5.82 Å². The molecule has 0 atom stereocenters. The quantitative estimate of drug-likeness (QED) is 0.868. The van der Waals surface area contributed by atoms with Crippen LogP contribution in [0.3, 0.4) is 0 Å². The molecule has 0 saturated carbocycles. The molecule has 0 heterocycles. The van der Waals surface area contributed by atoms with Gasteiger partial charge in [-0.05, 0) is 47.0 Å². The van der Waals surface area contributed by atoms with E-state index in [1.807, 2.05) is 18.2 Å². The second-order valence-corrected chi connectivity index (χ2v) is 5.65. The molecule has 2 rings (SSSR count). The molecular weight excluding hydrogens is 289 g/mol. The summed E-state index contributed by atoms with van der Waals surface area (Å²) in [6.07, 6.45) is 0. The lowest BCUT2D eigenvalue weighted by molar-refractivity contribution is 0.414. The molecule has 0 unspecified atom stereocenters. The highest BCUT2D eigenvalue weighted by Gasteiger charge is 2.09. The molecule has 1 N–H and O–H groups in total. The predicted octanol–water partition coefficient (Wildman–Crippen LogP) is 4.65. The molecule has 2 aromatic carbocycles. The molecule has 0 aliphatic carbocycles. The highest BCUT2D eigenvalue weighted by atomic mass is 35.5. The van der Waals surface area contributed by atoms with Crippen molar-refractivity contribution >= 4 is 11.6 Å². The van der Waals surface area contributed by atoms with Gasteiger partial charge in [0.2, 0.25) is 0 Å². The Hall–Kier alpha value is -1.58. The third-order valence-corrected chi connectivity index (χ3v) is 3.40. The largest absolute Gasteiger partial charge is 0.497 e. The third kappa shape index (κ3) is 4.19. The van der Waals surface area contributed by atoms with Crippen molar-refractivity contribution in [3.8, 4) is 16.9 Å². The summed E-state index contributed by atoms with van der Waals surface area (Å²) >= 11 is 5.96. The summed E-state index contributed by atoms with van der Waals surface area (Å²) in [4.78, 5) is 0. The molecule has 0 amide bonds. The molecule has 0 saturated heterocycles. The van der Waals surface area contributed by atoms with Gasteiger partial charge in [-0.1, -0.05) is 31.5 Å². The van der Waals surface area contributed by atoms with E-state index in [0.29, 0.717) is 17.6 Å². The highest BCUT2D eigenvalue weighted by Crippen LogP contribution is 2.30. The number of halogens is 2. The first-order chi connectivity index (χ1) is 9.99. The Morgan fingerprint density at radius 3 is 2.57 bits per heavy atom. The lowest BCUT2D eigenvalue weighted by atomic mass is 9.99. The number of nitrogens with one attached hydrogen (secondary N) is 1. The fraction of sp³-hybridized carbons (Fsp3) is 0.294. The van der Waals surface area contributed by atoms with Crippen LogP contribution in [0.25, 0.3) is 11.1 Å². The molecule has 0 aromatic heterocycles. The van der Waals surface area contributed by atoms with Crippen molar-refractivity contribution in [2.45, 2.75) is 26.4 Å². The van der Waals surface area contributed by atoms with Gasteiger partial charge in [-0.15, -0.1) is 0 Å². The van der Waals surface area contributed by atoms with Crippen LogP contribution < -0.4 is 10.1 Å². The zero-order chi connectivity index (χ0) is 15.4. The summed E-state index contributed by atoms with van der Waals surface area (Å²) in [5, 5.41) is 3.76. The van der Waals surface area contributed by atoms with Gasteiger partial charge in [0.1, 0.15) is 11.6 Å².